The average Bonchev–Trinajstić information content (AvgIpc) is 2.27. The van der Waals surface area contributed by atoms with Crippen molar-refractivity contribution in [1.82, 2.24) is 10.6 Å². The first-order valence-corrected chi connectivity index (χ1v) is 6.35. The topological polar surface area (TPSA) is 50.4 Å². The summed E-state index contributed by atoms with van der Waals surface area (Å²) in [6, 6.07) is -0.566. The number of carbonyl (C=O) groups is 1. The number of halogens is 3. The number of ether oxygens (including phenoxy) is 1. The van der Waals surface area contributed by atoms with Crippen LogP contribution in [0.3, 0.4) is 0 Å². The first kappa shape index (κ1) is 18.2. The second-order valence-corrected chi connectivity index (χ2v) is 4.58. The van der Waals surface area contributed by atoms with Gasteiger partial charge in [0.2, 0.25) is 5.91 Å². The number of nitrogens with one attached hydrogen (secondary N) is 2. The molecular formula is C12H23F3N2O2. The van der Waals surface area contributed by atoms with Crippen molar-refractivity contribution in [1.29, 1.82) is 0 Å². The van der Waals surface area contributed by atoms with Crippen LogP contribution in [-0.2, 0) is 9.53 Å². The number of alkyl halides is 3. The van der Waals surface area contributed by atoms with E-state index in [0.29, 0.717) is 19.6 Å². The Morgan fingerprint density at radius 3 is 2.47 bits per heavy atom. The number of methoxy groups -OCH3 is 1. The minimum Gasteiger partial charge on any atom is -0.383 e. The molecule has 4 nitrogen and oxygen atoms in total. The second kappa shape index (κ2) is 9.14. The predicted molar refractivity (Wildman–Crippen MR) is 66.9 cm³/mol. The van der Waals surface area contributed by atoms with E-state index in [1.54, 1.807) is 13.8 Å². The van der Waals surface area contributed by atoms with Crippen LogP contribution in [0.5, 0.6) is 0 Å². The van der Waals surface area contributed by atoms with Gasteiger partial charge in [0, 0.05) is 26.1 Å². The van der Waals surface area contributed by atoms with Crippen LogP contribution >= 0.6 is 0 Å². The van der Waals surface area contributed by atoms with Crippen LogP contribution in [0, 0.1) is 0 Å². The van der Waals surface area contributed by atoms with Gasteiger partial charge < -0.3 is 15.4 Å². The average molecular weight is 284 g/mol. The summed E-state index contributed by atoms with van der Waals surface area (Å²) in [5, 5.41) is 5.64. The Kier molecular flexibility index (Phi) is 8.75. The molecular weight excluding hydrogens is 261 g/mol. The highest BCUT2D eigenvalue weighted by Crippen LogP contribution is 2.22. The maximum absolute atomic E-state index is 12.0. The number of amides is 1. The van der Waals surface area contributed by atoms with Gasteiger partial charge in [0.1, 0.15) is 0 Å². The molecule has 0 aromatic carbocycles. The van der Waals surface area contributed by atoms with Crippen LogP contribution in [0.4, 0.5) is 13.2 Å². The van der Waals surface area contributed by atoms with Crippen molar-refractivity contribution in [2.75, 3.05) is 20.3 Å². The highest BCUT2D eigenvalue weighted by atomic mass is 19.4. The lowest BCUT2D eigenvalue weighted by atomic mass is 10.1. The Labute approximate surface area is 112 Å². The molecule has 0 radical (unpaired) electrons. The van der Waals surface area contributed by atoms with Crippen molar-refractivity contribution in [2.45, 2.75) is 51.4 Å². The van der Waals surface area contributed by atoms with Crippen molar-refractivity contribution in [3.8, 4) is 0 Å². The quantitative estimate of drug-likeness (QED) is 0.635. The highest BCUT2D eigenvalue weighted by molar-refractivity contribution is 5.81. The molecule has 0 bridgehead atoms. The van der Waals surface area contributed by atoms with Gasteiger partial charge in [-0.2, -0.15) is 13.2 Å². The fourth-order valence-corrected chi connectivity index (χ4v) is 1.62. The van der Waals surface area contributed by atoms with Gasteiger partial charge in [-0.1, -0.05) is 0 Å². The SMILES string of the molecule is COCCNC(=O)C(C)NC(C)CCCC(F)(F)F. The predicted octanol–water partition coefficient (Wildman–Crippen LogP) is 1.85. The molecule has 0 aliphatic rings. The largest absolute Gasteiger partial charge is 0.389 e. The third kappa shape index (κ3) is 10.8. The van der Waals surface area contributed by atoms with Crippen LogP contribution in [0.2, 0.25) is 0 Å². The minimum absolute atomic E-state index is 0.0652. The van der Waals surface area contributed by atoms with Crippen LogP contribution in [0.15, 0.2) is 0 Å². The fourth-order valence-electron chi connectivity index (χ4n) is 1.62. The highest BCUT2D eigenvalue weighted by Gasteiger charge is 2.26. The van der Waals surface area contributed by atoms with E-state index in [4.69, 9.17) is 4.74 Å². The van der Waals surface area contributed by atoms with E-state index in [0.717, 1.165) is 0 Å². The van der Waals surface area contributed by atoms with Crippen molar-refractivity contribution in [3.63, 3.8) is 0 Å². The number of rotatable bonds is 9. The molecule has 0 fully saturated rings. The Morgan fingerprint density at radius 1 is 1.32 bits per heavy atom. The van der Waals surface area contributed by atoms with Gasteiger partial charge in [-0.05, 0) is 26.7 Å². The molecule has 0 aliphatic heterocycles. The van der Waals surface area contributed by atoms with Gasteiger partial charge in [0.25, 0.3) is 0 Å². The normalized spacial score (nSPS) is 15.1. The Morgan fingerprint density at radius 2 is 1.95 bits per heavy atom. The van der Waals surface area contributed by atoms with Crippen LogP contribution < -0.4 is 10.6 Å². The molecule has 0 saturated heterocycles. The molecule has 0 aromatic rings. The maximum atomic E-state index is 12.0. The van der Waals surface area contributed by atoms with Crippen LogP contribution in [-0.4, -0.2) is 44.4 Å². The third-order valence-corrected chi connectivity index (χ3v) is 2.63. The summed E-state index contributed by atoms with van der Waals surface area (Å²) in [6.45, 7) is 4.31. The van der Waals surface area contributed by atoms with Crippen molar-refractivity contribution in [2.24, 2.45) is 0 Å². The molecule has 0 aliphatic carbocycles. The molecule has 0 saturated carbocycles. The number of carbonyl (C=O) groups excluding carboxylic acids is 1. The number of hydrogen-bond donors (Lipinski definition) is 2. The molecule has 114 valence electrons. The molecule has 2 atom stereocenters. The van der Waals surface area contributed by atoms with Gasteiger partial charge in [-0.3, -0.25) is 4.79 Å². The standard InChI is InChI=1S/C12H23F3N2O2/c1-9(5-4-6-12(13,14)15)17-10(2)11(18)16-7-8-19-3/h9-10,17H,4-8H2,1-3H3,(H,16,18). The van der Waals surface area contributed by atoms with Crippen LogP contribution in [0.1, 0.15) is 33.1 Å². The fraction of sp³-hybridized carbons (Fsp3) is 0.917. The van der Waals surface area contributed by atoms with E-state index in [1.807, 2.05) is 0 Å². The van der Waals surface area contributed by atoms with Crippen LogP contribution in [0.25, 0.3) is 0 Å². The lowest BCUT2D eigenvalue weighted by Gasteiger charge is -2.19. The summed E-state index contributed by atoms with van der Waals surface area (Å²) in [4.78, 5) is 11.6. The summed E-state index contributed by atoms with van der Waals surface area (Å²) < 4.78 is 40.7. The Balaban J connectivity index is 3.79. The summed E-state index contributed by atoms with van der Waals surface area (Å²) >= 11 is 0. The molecule has 0 aromatic heterocycles. The molecule has 2 N–H and O–H groups in total. The van der Waals surface area contributed by atoms with E-state index >= 15 is 0 Å². The molecule has 0 heterocycles. The van der Waals surface area contributed by atoms with E-state index < -0.39 is 18.6 Å². The molecule has 0 spiro atoms. The van der Waals surface area contributed by atoms with Gasteiger partial charge >= 0.3 is 6.18 Å². The number of hydrogen-bond acceptors (Lipinski definition) is 3. The maximum Gasteiger partial charge on any atom is 0.389 e. The van der Waals surface area contributed by atoms with Gasteiger partial charge in [-0.15, -0.1) is 0 Å². The Hall–Kier alpha value is -0.820. The summed E-state index contributed by atoms with van der Waals surface area (Å²) in [5.74, 6) is -0.181. The van der Waals surface area contributed by atoms with Gasteiger partial charge in [0.15, 0.2) is 0 Å². The summed E-state index contributed by atoms with van der Waals surface area (Å²) in [6.07, 6.45) is -4.44. The van der Waals surface area contributed by atoms with Gasteiger partial charge in [-0.25, -0.2) is 0 Å². The molecule has 19 heavy (non-hydrogen) atoms. The van der Waals surface area contributed by atoms with E-state index in [9.17, 15) is 18.0 Å². The van der Waals surface area contributed by atoms with Crippen molar-refractivity contribution < 1.29 is 22.7 Å². The molecule has 2 unspecified atom stereocenters. The first-order chi connectivity index (χ1) is 8.76. The Bertz CT molecular complexity index is 260. The lowest BCUT2D eigenvalue weighted by molar-refractivity contribution is -0.136. The van der Waals surface area contributed by atoms with Gasteiger partial charge in [0.05, 0.1) is 12.6 Å². The van der Waals surface area contributed by atoms with E-state index in [2.05, 4.69) is 10.6 Å². The molecule has 0 rings (SSSR count). The zero-order valence-electron chi connectivity index (χ0n) is 11.6. The minimum atomic E-state index is -4.11. The second-order valence-electron chi connectivity index (χ2n) is 4.58. The first-order valence-electron chi connectivity index (χ1n) is 6.35. The summed E-state index contributed by atoms with van der Waals surface area (Å²) in [7, 11) is 1.54. The zero-order valence-corrected chi connectivity index (χ0v) is 11.6. The van der Waals surface area contributed by atoms with Crippen molar-refractivity contribution >= 4 is 5.91 Å². The van der Waals surface area contributed by atoms with E-state index in [1.165, 1.54) is 7.11 Å². The molecule has 1 amide bonds. The lowest BCUT2D eigenvalue weighted by Crippen LogP contribution is -2.46. The van der Waals surface area contributed by atoms with E-state index in [-0.39, 0.29) is 18.4 Å². The van der Waals surface area contributed by atoms with Crippen molar-refractivity contribution in [3.05, 3.63) is 0 Å². The zero-order chi connectivity index (χ0) is 14.9. The third-order valence-electron chi connectivity index (χ3n) is 2.63. The summed E-state index contributed by atoms with van der Waals surface area (Å²) in [5.41, 5.74) is 0. The molecule has 7 heteroatoms. The smallest absolute Gasteiger partial charge is 0.383 e. The monoisotopic (exact) mass is 284 g/mol.